The van der Waals surface area contributed by atoms with E-state index in [1.165, 1.54) is 22.4 Å². The first kappa shape index (κ1) is 11.4. The monoisotopic (exact) mass is 253 g/mol. The lowest BCUT2D eigenvalue weighted by molar-refractivity contribution is 1.17. The van der Waals surface area contributed by atoms with Crippen LogP contribution >= 0.6 is 11.8 Å². The van der Waals surface area contributed by atoms with Crippen molar-refractivity contribution in [2.75, 3.05) is 10.8 Å². The highest BCUT2D eigenvalue weighted by Gasteiger charge is 2.15. The molecule has 2 heteroatoms. The van der Waals surface area contributed by atoms with Gasteiger partial charge in [0, 0.05) is 11.8 Å². The van der Waals surface area contributed by atoms with E-state index in [4.69, 9.17) is 0 Å². The van der Waals surface area contributed by atoms with E-state index >= 15 is 0 Å². The summed E-state index contributed by atoms with van der Waals surface area (Å²) in [6.45, 7) is 2.18. The van der Waals surface area contributed by atoms with Gasteiger partial charge in [0.15, 0.2) is 0 Å². The van der Waals surface area contributed by atoms with Crippen LogP contribution in [0.4, 0.5) is 5.69 Å². The maximum atomic E-state index is 2.32. The van der Waals surface area contributed by atoms with Crippen LogP contribution in [-0.4, -0.2) is 5.88 Å². The number of anilines is 1. The summed E-state index contributed by atoms with van der Waals surface area (Å²) in [4.78, 5) is 2.32. The highest BCUT2D eigenvalue weighted by atomic mass is 32.2. The van der Waals surface area contributed by atoms with Crippen LogP contribution in [0, 0.1) is 6.92 Å². The second kappa shape index (κ2) is 4.91. The topological polar surface area (TPSA) is 3.24 Å². The fraction of sp³-hybridized carbons (Fsp3) is 0.125. The third-order valence-electron chi connectivity index (χ3n) is 3.16. The van der Waals surface area contributed by atoms with Crippen molar-refractivity contribution in [3.8, 4) is 11.1 Å². The Hall–Kier alpha value is -1.67. The summed E-state index contributed by atoms with van der Waals surface area (Å²) in [5, 5.41) is 2.15. The zero-order valence-corrected chi connectivity index (χ0v) is 11.2. The third kappa shape index (κ3) is 2.04. The van der Waals surface area contributed by atoms with Gasteiger partial charge in [0.2, 0.25) is 0 Å². The first-order chi connectivity index (χ1) is 8.86. The zero-order valence-electron chi connectivity index (χ0n) is 10.3. The summed E-state index contributed by atoms with van der Waals surface area (Å²) < 4.78 is 0. The molecule has 0 spiro atoms. The average molecular weight is 253 g/mol. The molecule has 0 atom stereocenters. The maximum Gasteiger partial charge on any atom is 0.0723 e. The van der Waals surface area contributed by atoms with E-state index in [-0.39, 0.29) is 0 Å². The predicted molar refractivity (Wildman–Crippen MR) is 80.7 cm³/mol. The first-order valence-corrected chi connectivity index (χ1v) is 7.11. The minimum absolute atomic E-state index is 1.00. The fourth-order valence-electron chi connectivity index (χ4n) is 2.31. The minimum Gasteiger partial charge on any atom is -0.337 e. The Morgan fingerprint density at radius 1 is 1.00 bits per heavy atom. The van der Waals surface area contributed by atoms with Crippen molar-refractivity contribution in [1.82, 2.24) is 0 Å². The van der Waals surface area contributed by atoms with Crippen LogP contribution < -0.4 is 4.90 Å². The molecule has 2 aromatic rings. The smallest absolute Gasteiger partial charge is 0.0723 e. The number of aryl methyl sites for hydroxylation is 1. The number of rotatable bonds is 2. The van der Waals surface area contributed by atoms with Crippen molar-refractivity contribution in [1.29, 1.82) is 0 Å². The molecule has 1 aliphatic rings. The van der Waals surface area contributed by atoms with Crippen LogP contribution in [0.1, 0.15) is 5.56 Å². The number of hydrogen-bond donors (Lipinski definition) is 0. The Morgan fingerprint density at radius 2 is 1.83 bits per heavy atom. The summed E-state index contributed by atoms with van der Waals surface area (Å²) in [6.07, 6.45) is 2.17. The van der Waals surface area contributed by atoms with Gasteiger partial charge in [-0.15, -0.1) is 11.8 Å². The molecule has 0 N–H and O–H groups in total. The van der Waals surface area contributed by atoms with Crippen molar-refractivity contribution in [3.05, 3.63) is 65.7 Å². The molecule has 2 aromatic carbocycles. The molecule has 0 amide bonds. The molecule has 0 aliphatic carbocycles. The van der Waals surface area contributed by atoms with E-state index < -0.39 is 0 Å². The molecular weight excluding hydrogens is 238 g/mol. The molecule has 18 heavy (non-hydrogen) atoms. The number of benzene rings is 2. The van der Waals surface area contributed by atoms with Gasteiger partial charge in [-0.05, 0) is 23.5 Å². The van der Waals surface area contributed by atoms with Gasteiger partial charge in [-0.2, -0.15) is 0 Å². The number of nitrogens with zero attached hydrogens (tertiary/aromatic N) is 1. The van der Waals surface area contributed by atoms with Gasteiger partial charge in [-0.3, -0.25) is 0 Å². The van der Waals surface area contributed by atoms with Gasteiger partial charge in [0.05, 0.1) is 11.6 Å². The van der Waals surface area contributed by atoms with Crippen LogP contribution in [0.2, 0.25) is 0 Å². The number of thioether (sulfide) groups is 1. The van der Waals surface area contributed by atoms with Gasteiger partial charge < -0.3 is 4.90 Å². The van der Waals surface area contributed by atoms with Crippen LogP contribution in [0.3, 0.4) is 0 Å². The average Bonchev–Trinajstić information content (AvgIpc) is 2.93. The molecule has 1 nitrogen and oxygen atoms in total. The van der Waals surface area contributed by atoms with E-state index in [0.29, 0.717) is 0 Å². The summed E-state index contributed by atoms with van der Waals surface area (Å²) in [7, 11) is 0. The lowest BCUT2D eigenvalue weighted by atomic mass is 10.00. The first-order valence-electron chi connectivity index (χ1n) is 6.06. The van der Waals surface area contributed by atoms with Gasteiger partial charge in [-0.1, -0.05) is 48.5 Å². The highest BCUT2D eigenvalue weighted by Crippen LogP contribution is 2.36. The molecule has 3 rings (SSSR count). The van der Waals surface area contributed by atoms with Gasteiger partial charge in [-0.25, -0.2) is 0 Å². The SMILES string of the molecule is Cc1cccc(-c2ccccc2)c1N1C=CSC1. The molecule has 0 bridgehead atoms. The number of hydrogen-bond acceptors (Lipinski definition) is 2. The summed E-state index contributed by atoms with van der Waals surface area (Å²) in [6, 6.07) is 17.1. The standard InChI is InChI=1S/C16H15NS/c1-13-6-5-9-15(14-7-3-2-4-8-14)16(13)17-10-11-18-12-17/h2-11H,12H2,1H3. The Balaban J connectivity index is 2.15. The molecule has 0 unspecified atom stereocenters. The van der Waals surface area contributed by atoms with Crippen molar-refractivity contribution in [2.24, 2.45) is 0 Å². The van der Waals surface area contributed by atoms with E-state index in [1.54, 1.807) is 0 Å². The van der Waals surface area contributed by atoms with Crippen LogP contribution in [0.5, 0.6) is 0 Å². The van der Waals surface area contributed by atoms with E-state index in [9.17, 15) is 0 Å². The highest BCUT2D eigenvalue weighted by molar-refractivity contribution is 8.02. The van der Waals surface area contributed by atoms with Gasteiger partial charge in [0.1, 0.15) is 0 Å². The third-order valence-corrected chi connectivity index (χ3v) is 3.90. The van der Waals surface area contributed by atoms with Crippen molar-refractivity contribution in [2.45, 2.75) is 6.92 Å². The lowest BCUT2D eigenvalue weighted by Crippen LogP contribution is -2.13. The van der Waals surface area contributed by atoms with Gasteiger partial charge >= 0.3 is 0 Å². The zero-order chi connectivity index (χ0) is 12.4. The molecule has 0 saturated heterocycles. The Morgan fingerprint density at radius 3 is 2.56 bits per heavy atom. The van der Waals surface area contributed by atoms with Crippen molar-refractivity contribution >= 4 is 17.4 Å². The van der Waals surface area contributed by atoms with Crippen LogP contribution in [0.15, 0.2) is 60.1 Å². The Bertz CT molecular complexity index is 575. The lowest BCUT2D eigenvalue weighted by Gasteiger charge is -2.21. The molecule has 0 aromatic heterocycles. The second-order valence-corrected chi connectivity index (χ2v) is 5.25. The summed E-state index contributed by atoms with van der Waals surface area (Å²) in [5.41, 5.74) is 5.23. The van der Waals surface area contributed by atoms with E-state index in [1.807, 2.05) is 11.8 Å². The summed E-state index contributed by atoms with van der Waals surface area (Å²) in [5.74, 6) is 1.00. The quantitative estimate of drug-likeness (QED) is 0.766. The van der Waals surface area contributed by atoms with E-state index in [2.05, 4.69) is 72.0 Å². The minimum atomic E-state index is 1.00. The predicted octanol–water partition coefficient (Wildman–Crippen LogP) is 4.64. The molecule has 90 valence electrons. The van der Waals surface area contributed by atoms with Crippen LogP contribution in [-0.2, 0) is 0 Å². The molecule has 0 fully saturated rings. The Labute approximate surface area is 112 Å². The number of para-hydroxylation sites is 1. The molecule has 1 heterocycles. The maximum absolute atomic E-state index is 2.32. The van der Waals surface area contributed by atoms with Crippen LogP contribution in [0.25, 0.3) is 11.1 Å². The van der Waals surface area contributed by atoms with E-state index in [0.717, 1.165) is 5.88 Å². The van der Waals surface area contributed by atoms with Crippen molar-refractivity contribution in [3.63, 3.8) is 0 Å². The molecule has 0 saturated carbocycles. The molecular formula is C16H15NS. The normalized spacial score (nSPS) is 14.2. The summed E-state index contributed by atoms with van der Waals surface area (Å²) >= 11 is 1.83. The largest absolute Gasteiger partial charge is 0.337 e. The molecule has 0 radical (unpaired) electrons. The molecule has 1 aliphatic heterocycles. The van der Waals surface area contributed by atoms with Gasteiger partial charge in [0.25, 0.3) is 0 Å². The fourth-order valence-corrected chi connectivity index (χ4v) is 3.01. The second-order valence-electron chi connectivity index (χ2n) is 4.39. The van der Waals surface area contributed by atoms with Crippen molar-refractivity contribution < 1.29 is 0 Å². The Kier molecular flexibility index (Phi) is 3.11.